The lowest BCUT2D eigenvalue weighted by Crippen LogP contribution is -2.40. The minimum absolute atomic E-state index is 0.530. The van der Waals surface area contributed by atoms with Crippen LogP contribution in [0.25, 0.3) is 0 Å². The van der Waals surface area contributed by atoms with Crippen molar-refractivity contribution >= 4 is 17.3 Å². The van der Waals surface area contributed by atoms with Gasteiger partial charge in [-0.25, -0.2) is 4.98 Å². The van der Waals surface area contributed by atoms with Gasteiger partial charge in [0, 0.05) is 44.7 Å². The van der Waals surface area contributed by atoms with Crippen molar-refractivity contribution in [1.29, 1.82) is 0 Å². The molecule has 1 N–H and O–H groups in total. The zero-order valence-electron chi connectivity index (χ0n) is 10.7. The summed E-state index contributed by atoms with van der Waals surface area (Å²) in [5.74, 6) is 0. The van der Waals surface area contributed by atoms with Crippen molar-refractivity contribution in [2.75, 3.05) is 38.7 Å². The second kappa shape index (κ2) is 6.92. The van der Waals surface area contributed by atoms with Gasteiger partial charge in [0.25, 0.3) is 0 Å². The molecule has 1 aliphatic rings. The van der Waals surface area contributed by atoms with Gasteiger partial charge in [-0.2, -0.15) is 0 Å². The molecular weight excluding hydrogens is 250 g/mol. The molecule has 1 fully saturated rings. The lowest BCUT2D eigenvalue weighted by Gasteiger charge is -2.32. The van der Waals surface area contributed by atoms with Crippen LogP contribution in [-0.4, -0.2) is 49.3 Å². The molecule has 5 heteroatoms. The number of nitrogens with zero attached hydrogens (tertiary/aromatic N) is 2. The van der Waals surface area contributed by atoms with E-state index in [-0.39, 0.29) is 0 Å². The van der Waals surface area contributed by atoms with Gasteiger partial charge in [-0.15, -0.1) is 0 Å². The van der Waals surface area contributed by atoms with E-state index in [9.17, 15) is 0 Å². The van der Waals surface area contributed by atoms with Gasteiger partial charge in [-0.3, -0.25) is 0 Å². The Bertz CT molecular complexity index is 367. The van der Waals surface area contributed by atoms with Crippen LogP contribution in [0.1, 0.15) is 12.8 Å². The molecule has 0 atom stereocenters. The highest BCUT2D eigenvalue weighted by molar-refractivity contribution is 6.29. The minimum Gasteiger partial charge on any atom is -0.383 e. The summed E-state index contributed by atoms with van der Waals surface area (Å²) >= 11 is 5.87. The molecule has 1 aromatic rings. The standard InChI is InChI=1S/C13H20ClN3O/c1-18-9-8-17-6-3-11(4-7-17)16-12-2-5-15-13(14)10-12/h2,5,10-11H,3-4,6-9H2,1H3,(H,15,16). The Morgan fingerprint density at radius 2 is 2.28 bits per heavy atom. The largest absolute Gasteiger partial charge is 0.383 e. The molecule has 1 aliphatic heterocycles. The third-order valence-corrected chi connectivity index (χ3v) is 3.50. The monoisotopic (exact) mass is 269 g/mol. The summed E-state index contributed by atoms with van der Waals surface area (Å²) in [6.45, 7) is 4.10. The van der Waals surface area contributed by atoms with Gasteiger partial charge < -0.3 is 15.0 Å². The Labute approximate surface area is 113 Å². The van der Waals surface area contributed by atoms with Crippen LogP contribution in [0.4, 0.5) is 5.69 Å². The molecule has 1 saturated heterocycles. The zero-order valence-corrected chi connectivity index (χ0v) is 11.5. The molecule has 2 rings (SSSR count). The van der Waals surface area contributed by atoms with Gasteiger partial charge >= 0.3 is 0 Å². The van der Waals surface area contributed by atoms with Gasteiger partial charge in [0.2, 0.25) is 0 Å². The van der Waals surface area contributed by atoms with E-state index in [1.807, 2.05) is 12.1 Å². The molecule has 1 aromatic heterocycles. The van der Waals surface area contributed by atoms with Gasteiger partial charge in [0.05, 0.1) is 6.61 Å². The summed E-state index contributed by atoms with van der Waals surface area (Å²) in [6.07, 6.45) is 4.05. The van der Waals surface area contributed by atoms with Crippen molar-refractivity contribution in [2.45, 2.75) is 18.9 Å². The molecule has 18 heavy (non-hydrogen) atoms. The summed E-state index contributed by atoms with van der Waals surface area (Å²) in [5, 5.41) is 4.06. The van der Waals surface area contributed by atoms with Crippen LogP contribution in [0.15, 0.2) is 18.3 Å². The fourth-order valence-corrected chi connectivity index (χ4v) is 2.42. The van der Waals surface area contributed by atoms with E-state index in [1.165, 1.54) is 0 Å². The van der Waals surface area contributed by atoms with Gasteiger partial charge in [-0.1, -0.05) is 11.6 Å². The number of anilines is 1. The smallest absolute Gasteiger partial charge is 0.131 e. The second-order valence-corrected chi connectivity index (χ2v) is 5.01. The highest BCUT2D eigenvalue weighted by atomic mass is 35.5. The molecule has 100 valence electrons. The van der Waals surface area contributed by atoms with E-state index < -0.39 is 0 Å². The van der Waals surface area contributed by atoms with Crippen molar-refractivity contribution in [3.63, 3.8) is 0 Å². The number of aromatic nitrogens is 1. The number of halogens is 1. The molecular formula is C13H20ClN3O. The number of hydrogen-bond donors (Lipinski definition) is 1. The predicted octanol–water partition coefficient (Wildman–Crippen LogP) is 2.26. The van der Waals surface area contributed by atoms with Gasteiger partial charge in [0.1, 0.15) is 5.15 Å². The minimum atomic E-state index is 0.530. The summed E-state index contributed by atoms with van der Waals surface area (Å²) in [5.41, 5.74) is 1.06. The zero-order chi connectivity index (χ0) is 12.8. The third-order valence-electron chi connectivity index (χ3n) is 3.30. The molecule has 0 radical (unpaired) electrons. The number of methoxy groups -OCH3 is 1. The van der Waals surface area contributed by atoms with Crippen molar-refractivity contribution in [1.82, 2.24) is 9.88 Å². The summed E-state index contributed by atoms with van der Waals surface area (Å²) in [7, 11) is 1.75. The lowest BCUT2D eigenvalue weighted by molar-refractivity contribution is 0.132. The van der Waals surface area contributed by atoms with Crippen molar-refractivity contribution in [3.05, 3.63) is 23.5 Å². The predicted molar refractivity (Wildman–Crippen MR) is 74.2 cm³/mol. The molecule has 0 unspecified atom stereocenters. The highest BCUT2D eigenvalue weighted by Crippen LogP contribution is 2.18. The van der Waals surface area contributed by atoms with Crippen molar-refractivity contribution < 1.29 is 4.74 Å². The summed E-state index contributed by atoms with van der Waals surface area (Å²) < 4.78 is 5.10. The average Bonchev–Trinajstić information content (AvgIpc) is 2.38. The van der Waals surface area contributed by atoms with E-state index >= 15 is 0 Å². The molecule has 0 spiro atoms. The molecule has 4 nitrogen and oxygen atoms in total. The fourth-order valence-electron chi connectivity index (χ4n) is 2.25. The Morgan fingerprint density at radius 3 is 2.94 bits per heavy atom. The molecule has 0 saturated carbocycles. The Kier molecular flexibility index (Phi) is 5.23. The molecule has 0 aliphatic carbocycles. The van der Waals surface area contributed by atoms with Crippen LogP contribution < -0.4 is 5.32 Å². The second-order valence-electron chi connectivity index (χ2n) is 4.62. The molecule has 0 bridgehead atoms. The van der Waals surface area contributed by atoms with Crippen LogP contribution in [0, 0.1) is 0 Å². The molecule has 0 aromatic carbocycles. The van der Waals surface area contributed by atoms with Crippen LogP contribution in [0.2, 0.25) is 5.15 Å². The summed E-state index contributed by atoms with van der Waals surface area (Å²) in [6, 6.07) is 4.37. The number of piperidine rings is 1. The van der Waals surface area contributed by atoms with E-state index in [2.05, 4.69) is 15.2 Å². The van der Waals surface area contributed by atoms with E-state index in [0.29, 0.717) is 11.2 Å². The average molecular weight is 270 g/mol. The van der Waals surface area contributed by atoms with E-state index in [0.717, 1.165) is 44.8 Å². The Balaban J connectivity index is 1.76. The van der Waals surface area contributed by atoms with Crippen LogP contribution in [-0.2, 0) is 4.74 Å². The number of rotatable bonds is 5. The first-order valence-corrected chi connectivity index (χ1v) is 6.75. The number of hydrogen-bond acceptors (Lipinski definition) is 4. The number of likely N-dealkylation sites (tertiary alicyclic amines) is 1. The quantitative estimate of drug-likeness (QED) is 0.832. The number of ether oxygens (including phenoxy) is 1. The first-order chi connectivity index (χ1) is 8.78. The number of pyridine rings is 1. The van der Waals surface area contributed by atoms with Crippen molar-refractivity contribution in [3.8, 4) is 0 Å². The molecule has 2 heterocycles. The fraction of sp³-hybridized carbons (Fsp3) is 0.615. The van der Waals surface area contributed by atoms with Crippen molar-refractivity contribution in [2.24, 2.45) is 0 Å². The maximum atomic E-state index is 5.87. The first kappa shape index (κ1) is 13.6. The van der Waals surface area contributed by atoms with Crippen LogP contribution in [0.3, 0.4) is 0 Å². The first-order valence-electron chi connectivity index (χ1n) is 6.37. The Morgan fingerprint density at radius 1 is 1.50 bits per heavy atom. The normalized spacial score (nSPS) is 17.9. The van der Waals surface area contributed by atoms with Crippen LogP contribution >= 0.6 is 11.6 Å². The maximum absolute atomic E-state index is 5.87. The SMILES string of the molecule is COCCN1CCC(Nc2ccnc(Cl)c2)CC1. The molecule has 0 amide bonds. The van der Waals surface area contributed by atoms with Gasteiger partial charge in [0.15, 0.2) is 0 Å². The topological polar surface area (TPSA) is 37.4 Å². The Hall–Kier alpha value is -0.840. The van der Waals surface area contributed by atoms with Crippen LogP contribution in [0.5, 0.6) is 0 Å². The number of nitrogens with one attached hydrogen (secondary N) is 1. The third kappa shape index (κ3) is 4.12. The van der Waals surface area contributed by atoms with E-state index in [4.69, 9.17) is 16.3 Å². The maximum Gasteiger partial charge on any atom is 0.131 e. The van der Waals surface area contributed by atoms with Gasteiger partial charge in [-0.05, 0) is 25.0 Å². The highest BCUT2D eigenvalue weighted by Gasteiger charge is 2.18. The lowest BCUT2D eigenvalue weighted by atomic mass is 10.0. The summed E-state index contributed by atoms with van der Waals surface area (Å²) in [4.78, 5) is 6.43. The van der Waals surface area contributed by atoms with E-state index in [1.54, 1.807) is 13.3 Å².